The van der Waals surface area contributed by atoms with Gasteiger partial charge in [-0.15, -0.1) is 0 Å². The number of halogens is 1. The lowest BCUT2D eigenvalue weighted by Gasteiger charge is -2.19. The predicted octanol–water partition coefficient (Wildman–Crippen LogP) is 3.56. The maximum atomic E-state index is 14.1. The van der Waals surface area contributed by atoms with Crippen LogP contribution in [0.15, 0.2) is 65.6 Å². The first kappa shape index (κ1) is 24.2. The zero-order chi connectivity index (χ0) is 25.1. The molecule has 9 heteroatoms. The molecule has 0 unspecified atom stereocenters. The second-order valence-corrected chi connectivity index (χ2v) is 8.44. The van der Waals surface area contributed by atoms with Gasteiger partial charge < -0.3 is 19.9 Å². The summed E-state index contributed by atoms with van der Waals surface area (Å²) in [7, 11) is 0. The van der Waals surface area contributed by atoms with E-state index in [1.165, 1.54) is 12.3 Å². The number of benzene rings is 2. The van der Waals surface area contributed by atoms with E-state index in [0.717, 1.165) is 15.7 Å². The molecule has 1 saturated heterocycles. The van der Waals surface area contributed by atoms with E-state index in [2.05, 4.69) is 0 Å². The Morgan fingerprint density at radius 3 is 2.17 bits per heavy atom. The van der Waals surface area contributed by atoms with E-state index in [1.54, 1.807) is 48.5 Å². The van der Waals surface area contributed by atoms with Crippen LogP contribution in [0.2, 0.25) is 0 Å². The summed E-state index contributed by atoms with van der Waals surface area (Å²) >= 11 is 0. The fourth-order valence-corrected chi connectivity index (χ4v) is 3.74. The van der Waals surface area contributed by atoms with E-state index in [1.807, 2.05) is 13.8 Å². The number of rotatable bonds is 6. The first-order chi connectivity index (χ1) is 16.7. The smallest absolute Gasteiger partial charge is 0.338 e. The van der Waals surface area contributed by atoms with Gasteiger partial charge in [-0.3, -0.25) is 9.36 Å². The largest absolute Gasteiger partial charge is 0.459 e. The minimum absolute atomic E-state index is 0.0492. The van der Waals surface area contributed by atoms with Crippen molar-refractivity contribution in [3.05, 3.63) is 99.2 Å². The van der Waals surface area contributed by atoms with Crippen molar-refractivity contribution >= 4 is 17.6 Å². The van der Waals surface area contributed by atoms with Gasteiger partial charge in [-0.2, -0.15) is 4.39 Å². The van der Waals surface area contributed by atoms with Crippen LogP contribution in [-0.2, 0) is 14.2 Å². The first-order valence-corrected chi connectivity index (χ1v) is 11.1. The minimum atomic E-state index is -1.10. The first-order valence-electron chi connectivity index (χ1n) is 11.1. The van der Waals surface area contributed by atoms with Crippen LogP contribution >= 0.6 is 0 Å². The SMILES string of the molecule is Cc1ccc(C(=O)OC[C@H]2O[C@@H](n3ccc(N)c(F)c3=O)C[C@@H]2OC(=O)c2ccc(C)cc2)cc1. The van der Waals surface area contributed by atoms with Crippen LogP contribution in [0.5, 0.6) is 0 Å². The summed E-state index contributed by atoms with van der Waals surface area (Å²) in [6, 6.07) is 14.9. The zero-order valence-corrected chi connectivity index (χ0v) is 19.3. The number of aromatic nitrogens is 1. The van der Waals surface area contributed by atoms with Crippen molar-refractivity contribution in [3.8, 4) is 0 Å². The van der Waals surface area contributed by atoms with Crippen molar-refractivity contribution < 1.29 is 28.2 Å². The van der Waals surface area contributed by atoms with E-state index in [9.17, 15) is 18.8 Å². The molecule has 0 amide bonds. The summed E-state index contributed by atoms with van der Waals surface area (Å²) in [5.41, 5.74) is 6.90. The Labute approximate surface area is 201 Å². The van der Waals surface area contributed by atoms with Gasteiger partial charge in [-0.05, 0) is 44.2 Å². The van der Waals surface area contributed by atoms with E-state index in [0.29, 0.717) is 11.1 Å². The van der Waals surface area contributed by atoms with Crippen molar-refractivity contribution in [3.63, 3.8) is 0 Å². The van der Waals surface area contributed by atoms with E-state index >= 15 is 0 Å². The lowest BCUT2D eigenvalue weighted by molar-refractivity contribution is -0.0581. The van der Waals surface area contributed by atoms with Crippen LogP contribution in [0.25, 0.3) is 0 Å². The highest BCUT2D eigenvalue weighted by Gasteiger charge is 2.40. The van der Waals surface area contributed by atoms with Gasteiger partial charge in [0, 0.05) is 12.6 Å². The van der Waals surface area contributed by atoms with E-state index in [-0.39, 0.29) is 18.7 Å². The highest BCUT2D eigenvalue weighted by atomic mass is 19.1. The molecular formula is C26H25FN2O6. The Morgan fingerprint density at radius 1 is 1.00 bits per heavy atom. The van der Waals surface area contributed by atoms with E-state index in [4.69, 9.17) is 19.9 Å². The number of hydrogen-bond acceptors (Lipinski definition) is 7. The molecule has 2 heterocycles. The maximum absolute atomic E-state index is 14.1. The molecule has 0 radical (unpaired) electrons. The molecule has 2 N–H and O–H groups in total. The van der Waals surface area contributed by atoms with Gasteiger partial charge in [0.05, 0.1) is 16.8 Å². The van der Waals surface area contributed by atoms with Crippen LogP contribution in [-0.4, -0.2) is 35.3 Å². The van der Waals surface area contributed by atoms with Gasteiger partial charge in [0.15, 0.2) is 0 Å². The monoisotopic (exact) mass is 480 g/mol. The molecule has 8 nitrogen and oxygen atoms in total. The maximum Gasteiger partial charge on any atom is 0.338 e. The van der Waals surface area contributed by atoms with Crippen molar-refractivity contribution in [2.75, 3.05) is 12.3 Å². The van der Waals surface area contributed by atoms with Crippen LogP contribution in [0.3, 0.4) is 0 Å². The third kappa shape index (κ3) is 5.41. The molecule has 1 aromatic heterocycles. The van der Waals surface area contributed by atoms with Gasteiger partial charge in [-0.25, -0.2) is 9.59 Å². The normalized spacial score (nSPS) is 19.3. The van der Waals surface area contributed by atoms with Crippen LogP contribution in [0.1, 0.15) is 44.5 Å². The highest BCUT2D eigenvalue weighted by Crippen LogP contribution is 2.31. The average molecular weight is 480 g/mol. The van der Waals surface area contributed by atoms with Gasteiger partial charge in [0.2, 0.25) is 5.82 Å². The van der Waals surface area contributed by atoms with Crippen molar-refractivity contribution in [2.45, 2.75) is 38.7 Å². The molecule has 1 aliphatic rings. The Morgan fingerprint density at radius 2 is 1.57 bits per heavy atom. The summed E-state index contributed by atoms with van der Waals surface area (Å²) in [4.78, 5) is 37.6. The lowest BCUT2D eigenvalue weighted by Crippen LogP contribution is -2.32. The Bertz CT molecular complexity index is 1290. The van der Waals surface area contributed by atoms with Crippen molar-refractivity contribution in [1.29, 1.82) is 0 Å². The fourth-order valence-electron chi connectivity index (χ4n) is 3.74. The minimum Gasteiger partial charge on any atom is -0.459 e. The van der Waals surface area contributed by atoms with Crippen molar-refractivity contribution in [2.24, 2.45) is 0 Å². The quantitative estimate of drug-likeness (QED) is 0.537. The van der Waals surface area contributed by atoms with Crippen molar-refractivity contribution in [1.82, 2.24) is 4.57 Å². The second-order valence-electron chi connectivity index (χ2n) is 8.44. The van der Waals surface area contributed by atoms with E-state index < -0.39 is 41.8 Å². The number of carbonyl (C=O) groups is 2. The number of aryl methyl sites for hydroxylation is 2. The number of carbonyl (C=O) groups excluding carboxylic acids is 2. The number of pyridine rings is 1. The summed E-state index contributed by atoms with van der Waals surface area (Å²) in [6.07, 6.45) is -1.32. The summed E-state index contributed by atoms with van der Waals surface area (Å²) in [6.45, 7) is 3.56. The Kier molecular flexibility index (Phi) is 6.97. The highest BCUT2D eigenvalue weighted by molar-refractivity contribution is 5.90. The summed E-state index contributed by atoms with van der Waals surface area (Å²) in [5, 5.41) is 0. The number of hydrogen-bond donors (Lipinski definition) is 1. The van der Waals surface area contributed by atoms with Gasteiger partial charge >= 0.3 is 11.9 Å². The number of nitrogen functional groups attached to an aromatic ring is 1. The van der Waals surface area contributed by atoms with Crippen LogP contribution < -0.4 is 11.3 Å². The average Bonchev–Trinajstić information content (AvgIpc) is 3.24. The van der Waals surface area contributed by atoms with Gasteiger partial charge in [0.25, 0.3) is 5.56 Å². The molecule has 3 atom stereocenters. The number of esters is 2. The molecule has 0 aliphatic carbocycles. The van der Waals surface area contributed by atoms with Crippen LogP contribution in [0, 0.1) is 19.7 Å². The number of anilines is 1. The number of ether oxygens (including phenoxy) is 3. The zero-order valence-electron chi connectivity index (χ0n) is 19.3. The molecule has 35 heavy (non-hydrogen) atoms. The standard InChI is InChI=1S/C26H25FN2O6/c1-15-3-7-17(8-4-15)25(31)33-14-21-20(35-26(32)18-9-5-16(2)6-10-18)13-22(34-21)29-12-11-19(28)23(27)24(29)30/h3-12,20-22H,13-14,28H2,1-2H3/t20-,21+,22+/m0/s1. The van der Waals surface area contributed by atoms with Gasteiger partial charge in [0.1, 0.15) is 25.0 Å². The number of nitrogens with zero attached hydrogens (tertiary/aromatic N) is 1. The third-order valence-corrected chi connectivity index (χ3v) is 5.79. The lowest BCUT2D eigenvalue weighted by atomic mass is 10.1. The molecule has 1 fully saturated rings. The Balaban J connectivity index is 1.53. The molecule has 0 bridgehead atoms. The molecule has 182 valence electrons. The topological polar surface area (TPSA) is 110 Å². The fraction of sp³-hybridized carbons (Fsp3) is 0.269. The number of nitrogens with two attached hydrogens (primary N) is 1. The predicted molar refractivity (Wildman–Crippen MR) is 125 cm³/mol. The summed E-state index contributed by atoms with van der Waals surface area (Å²) in [5.74, 6) is -2.26. The molecule has 3 aromatic rings. The second kappa shape index (κ2) is 10.1. The molecular weight excluding hydrogens is 455 g/mol. The van der Waals surface area contributed by atoms with Gasteiger partial charge in [-0.1, -0.05) is 35.4 Å². The third-order valence-electron chi connectivity index (χ3n) is 5.79. The molecule has 1 aliphatic heterocycles. The van der Waals surface area contributed by atoms with Crippen LogP contribution in [0.4, 0.5) is 10.1 Å². The summed E-state index contributed by atoms with van der Waals surface area (Å²) < 4.78 is 32.1. The molecule has 0 spiro atoms. The molecule has 0 saturated carbocycles. The molecule has 4 rings (SSSR count). The molecule has 2 aromatic carbocycles. The Hall–Kier alpha value is -3.98.